The molecule has 1 aromatic rings. The van der Waals surface area contributed by atoms with Gasteiger partial charge in [-0.15, -0.1) is 0 Å². The SMILES string of the molecule is CCCNc1ncnc(NC2CCC(OC)C2)c1C. The van der Waals surface area contributed by atoms with Crippen molar-refractivity contribution in [3.63, 3.8) is 0 Å². The van der Waals surface area contributed by atoms with E-state index >= 15 is 0 Å². The van der Waals surface area contributed by atoms with Crippen molar-refractivity contribution in [2.45, 2.75) is 51.7 Å². The van der Waals surface area contributed by atoms with Gasteiger partial charge >= 0.3 is 0 Å². The maximum Gasteiger partial charge on any atom is 0.134 e. The minimum absolute atomic E-state index is 0.386. The van der Waals surface area contributed by atoms with Gasteiger partial charge in [0.2, 0.25) is 0 Å². The number of anilines is 2. The van der Waals surface area contributed by atoms with Crippen molar-refractivity contribution in [1.82, 2.24) is 9.97 Å². The van der Waals surface area contributed by atoms with Crippen LogP contribution in [0, 0.1) is 6.92 Å². The first-order valence-electron chi connectivity index (χ1n) is 7.09. The number of nitrogens with zero attached hydrogens (tertiary/aromatic N) is 2. The van der Waals surface area contributed by atoms with Crippen molar-refractivity contribution in [1.29, 1.82) is 0 Å². The zero-order chi connectivity index (χ0) is 13.7. The molecule has 5 nitrogen and oxygen atoms in total. The minimum atomic E-state index is 0.386. The molecule has 19 heavy (non-hydrogen) atoms. The largest absolute Gasteiger partial charge is 0.381 e. The highest BCUT2D eigenvalue weighted by molar-refractivity contribution is 5.56. The van der Waals surface area contributed by atoms with E-state index in [0.29, 0.717) is 12.1 Å². The summed E-state index contributed by atoms with van der Waals surface area (Å²) in [6.45, 7) is 5.14. The first-order valence-corrected chi connectivity index (χ1v) is 7.09. The molecule has 0 bridgehead atoms. The maximum absolute atomic E-state index is 5.40. The molecule has 5 heteroatoms. The van der Waals surface area contributed by atoms with Gasteiger partial charge in [-0.3, -0.25) is 0 Å². The lowest BCUT2D eigenvalue weighted by atomic mass is 10.2. The standard InChI is InChI=1S/C14H24N4O/c1-4-7-15-13-10(2)14(17-9-16-13)18-11-5-6-12(8-11)19-3/h9,11-12H,4-8H2,1-3H3,(H2,15,16,17,18). The number of nitrogens with one attached hydrogen (secondary N) is 2. The van der Waals surface area contributed by atoms with Gasteiger partial charge in [-0.25, -0.2) is 9.97 Å². The Morgan fingerprint density at radius 3 is 2.79 bits per heavy atom. The van der Waals surface area contributed by atoms with Crippen molar-refractivity contribution < 1.29 is 4.74 Å². The molecule has 1 aliphatic rings. The van der Waals surface area contributed by atoms with Crippen LogP contribution >= 0.6 is 0 Å². The monoisotopic (exact) mass is 264 g/mol. The average molecular weight is 264 g/mol. The predicted octanol–water partition coefficient (Wildman–Crippen LogP) is 2.59. The fourth-order valence-corrected chi connectivity index (χ4v) is 2.50. The molecule has 1 heterocycles. The molecule has 0 radical (unpaired) electrons. The summed E-state index contributed by atoms with van der Waals surface area (Å²) in [6, 6.07) is 0.456. The highest BCUT2D eigenvalue weighted by Crippen LogP contribution is 2.26. The van der Waals surface area contributed by atoms with Gasteiger partial charge in [0.1, 0.15) is 18.0 Å². The Labute approximate surface area is 115 Å². The van der Waals surface area contributed by atoms with E-state index in [0.717, 1.165) is 49.4 Å². The zero-order valence-electron chi connectivity index (χ0n) is 12.1. The van der Waals surface area contributed by atoms with Crippen molar-refractivity contribution in [3.05, 3.63) is 11.9 Å². The van der Waals surface area contributed by atoms with Crippen LogP contribution < -0.4 is 10.6 Å². The van der Waals surface area contributed by atoms with Crippen molar-refractivity contribution in [3.8, 4) is 0 Å². The van der Waals surface area contributed by atoms with Crippen LogP contribution in [0.25, 0.3) is 0 Å². The predicted molar refractivity (Wildman–Crippen MR) is 77.6 cm³/mol. The van der Waals surface area contributed by atoms with E-state index in [1.54, 1.807) is 13.4 Å². The molecule has 2 N–H and O–H groups in total. The second-order valence-corrected chi connectivity index (χ2v) is 5.13. The zero-order valence-corrected chi connectivity index (χ0v) is 12.1. The van der Waals surface area contributed by atoms with E-state index in [2.05, 4.69) is 34.4 Å². The van der Waals surface area contributed by atoms with Gasteiger partial charge in [0.25, 0.3) is 0 Å². The summed E-state index contributed by atoms with van der Waals surface area (Å²) in [5, 5.41) is 6.85. The molecule has 2 atom stereocenters. The summed E-state index contributed by atoms with van der Waals surface area (Å²) in [5.74, 6) is 1.87. The molecule has 0 aliphatic heterocycles. The third kappa shape index (κ3) is 3.56. The molecular weight excluding hydrogens is 240 g/mol. The van der Waals surface area contributed by atoms with Crippen LogP contribution in [0.5, 0.6) is 0 Å². The van der Waals surface area contributed by atoms with E-state index in [1.165, 1.54) is 0 Å². The molecule has 0 spiro atoms. The summed E-state index contributed by atoms with van der Waals surface area (Å²) >= 11 is 0. The van der Waals surface area contributed by atoms with Crippen LogP contribution in [0.4, 0.5) is 11.6 Å². The van der Waals surface area contributed by atoms with E-state index in [-0.39, 0.29) is 0 Å². The second kappa shape index (κ2) is 6.70. The van der Waals surface area contributed by atoms with Gasteiger partial charge in [0.05, 0.1) is 6.10 Å². The number of hydrogen-bond donors (Lipinski definition) is 2. The summed E-state index contributed by atoms with van der Waals surface area (Å²) < 4.78 is 5.40. The Bertz CT molecular complexity index is 410. The fourth-order valence-electron chi connectivity index (χ4n) is 2.50. The molecule has 2 rings (SSSR count). The highest BCUT2D eigenvalue weighted by atomic mass is 16.5. The van der Waals surface area contributed by atoms with Crippen LogP contribution in [-0.4, -0.2) is 35.8 Å². The molecule has 1 saturated carbocycles. The van der Waals surface area contributed by atoms with Crippen molar-refractivity contribution in [2.24, 2.45) is 0 Å². The summed E-state index contributed by atoms with van der Waals surface area (Å²) in [5.41, 5.74) is 1.09. The number of ether oxygens (including phenoxy) is 1. The van der Waals surface area contributed by atoms with Gasteiger partial charge in [0.15, 0.2) is 0 Å². The smallest absolute Gasteiger partial charge is 0.134 e. The van der Waals surface area contributed by atoms with Crippen LogP contribution in [0.3, 0.4) is 0 Å². The van der Waals surface area contributed by atoms with E-state index in [9.17, 15) is 0 Å². The fraction of sp³-hybridized carbons (Fsp3) is 0.714. The average Bonchev–Trinajstić information content (AvgIpc) is 2.87. The molecule has 106 valence electrons. The number of methoxy groups -OCH3 is 1. The van der Waals surface area contributed by atoms with Crippen LogP contribution in [-0.2, 0) is 4.74 Å². The molecule has 1 aromatic heterocycles. The third-order valence-electron chi connectivity index (χ3n) is 3.69. The van der Waals surface area contributed by atoms with Gasteiger partial charge in [-0.2, -0.15) is 0 Å². The topological polar surface area (TPSA) is 59.1 Å². The van der Waals surface area contributed by atoms with Crippen LogP contribution in [0.2, 0.25) is 0 Å². The van der Waals surface area contributed by atoms with Gasteiger partial charge in [-0.05, 0) is 32.6 Å². The lowest BCUT2D eigenvalue weighted by Gasteiger charge is -2.17. The van der Waals surface area contributed by atoms with Crippen LogP contribution in [0.15, 0.2) is 6.33 Å². The molecule has 2 unspecified atom stereocenters. The van der Waals surface area contributed by atoms with Crippen LogP contribution in [0.1, 0.15) is 38.2 Å². The Hall–Kier alpha value is -1.36. The lowest BCUT2D eigenvalue weighted by molar-refractivity contribution is 0.108. The van der Waals surface area contributed by atoms with Gasteiger partial charge < -0.3 is 15.4 Å². The van der Waals surface area contributed by atoms with Crippen molar-refractivity contribution in [2.75, 3.05) is 24.3 Å². The van der Waals surface area contributed by atoms with E-state index in [4.69, 9.17) is 4.74 Å². The highest BCUT2D eigenvalue weighted by Gasteiger charge is 2.25. The van der Waals surface area contributed by atoms with E-state index in [1.807, 2.05) is 0 Å². The molecular formula is C14H24N4O. The normalized spacial score (nSPS) is 22.5. The molecule has 1 fully saturated rings. The Kier molecular flexibility index (Phi) is 4.96. The van der Waals surface area contributed by atoms with Gasteiger partial charge in [0, 0.05) is 25.3 Å². The summed E-state index contributed by atoms with van der Waals surface area (Å²) in [7, 11) is 1.79. The van der Waals surface area contributed by atoms with Gasteiger partial charge in [-0.1, -0.05) is 6.92 Å². The first-order chi connectivity index (χ1) is 9.24. The maximum atomic E-state index is 5.40. The Morgan fingerprint density at radius 1 is 1.32 bits per heavy atom. The Balaban J connectivity index is 2.00. The Morgan fingerprint density at radius 2 is 2.11 bits per heavy atom. The van der Waals surface area contributed by atoms with E-state index < -0.39 is 0 Å². The second-order valence-electron chi connectivity index (χ2n) is 5.13. The molecule has 0 amide bonds. The van der Waals surface area contributed by atoms with Crippen molar-refractivity contribution >= 4 is 11.6 Å². The lowest BCUT2D eigenvalue weighted by Crippen LogP contribution is -2.19. The molecule has 1 aliphatic carbocycles. The number of aromatic nitrogens is 2. The number of rotatable bonds is 6. The quantitative estimate of drug-likeness (QED) is 0.827. The first kappa shape index (κ1) is 14.1. The third-order valence-corrected chi connectivity index (χ3v) is 3.69. The summed E-state index contributed by atoms with van der Waals surface area (Å²) in [4.78, 5) is 8.65. The minimum Gasteiger partial charge on any atom is -0.381 e. The number of hydrogen-bond acceptors (Lipinski definition) is 5. The molecule has 0 saturated heterocycles. The molecule has 0 aromatic carbocycles. The summed E-state index contributed by atoms with van der Waals surface area (Å²) in [6.07, 6.45) is 6.41.